The largest absolute Gasteiger partial charge is 0.306 e. The summed E-state index contributed by atoms with van der Waals surface area (Å²) in [4.78, 5) is 18.8. The molecule has 5 nitrogen and oxygen atoms in total. The number of carbonyl (C=O) groups is 1. The summed E-state index contributed by atoms with van der Waals surface area (Å²) < 4.78 is 1.71. The fourth-order valence-electron chi connectivity index (χ4n) is 2.96. The van der Waals surface area contributed by atoms with Gasteiger partial charge in [0, 0.05) is 35.7 Å². The van der Waals surface area contributed by atoms with Crippen molar-refractivity contribution in [1.82, 2.24) is 14.8 Å². The average molecular weight is 391 g/mol. The van der Waals surface area contributed by atoms with E-state index in [-0.39, 0.29) is 11.3 Å². The number of amides is 1. The zero-order valence-electron chi connectivity index (χ0n) is 16.4. The fourth-order valence-corrected chi connectivity index (χ4v) is 3.84. The van der Waals surface area contributed by atoms with Crippen LogP contribution in [0.2, 0.25) is 0 Å². The molecule has 4 aromatic rings. The van der Waals surface area contributed by atoms with Crippen LogP contribution in [0.25, 0.3) is 21.3 Å². The molecule has 0 aliphatic carbocycles. The molecule has 0 saturated carbocycles. The predicted molar refractivity (Wildman–Crippen MR) is 115 cm³/mol. The minimum Gasteiger partial charge on any atom is -0.306 e. The van der Waals surface area contributed by atoms with Crippen LogP contribution in [-0.4, -0.2) is 20.7 Å². The summed E-state index contributed by atoms with van der Waals surface area (Å²) in [5.74, 6) is 0.540. The summed E-state index contributed by atoms with van der Waals surface area (Å²) in [5, 5.41) is 8.45. The number of pyridine rings is 1. The molecule has 3 aromatic heterocycles. The number of fused-ring (bicyclic) bond motifs is 1. The first-order valence-electron chi connectivity index (χ1n) is 9.12. The highest BCUT2D eigenvalue weighted by atomic mass is 32.1. The third kappa shape index (κ3) is 3.55. The highest BCUT2D eigenvalue weighted by molar-refractivity contribution is 7.20. The molecule has 0 aliphatic heterocycles. The van der Waals surface area contributed by atoms with Crippen molar-refractivity contribution in [1.29, 1.82) is 0 Å². The second-order valence-corrected chi connectivity index (χ2v) is 8.87. The van der Waals surface area contributed by atoms with Crippen LogP contribution in [0.4, 0.5) is 5.82 Å². The van der Waals surface area contributed by atoms with E-state index in [4.69, 9.17) is 0 Å². The van der Waals surface area contributed by atoms with Crippen molar-refractivity contribution in [3.8, 4) is 11.1 Å². The van der Waals surface area contributed by atoms with Crippen LogP contribution in [-0.2, 0) is 12.5 Å². The summed E-state index contributed by atoms with van der Waals surface area (Å²) >= 11 is 1.39. The molecule has 1 N–H and O–H groups in total. The number of carbonyl (C=O) groups excluding carboxylic acids is 1. The van der Waals surface area contributed by atoms with E-state index in [0.717, 1.165) is 27.0 Å². The molecule has 1 amide bonds. The molecule has 0 radical (unpaired) electrons. The highest BCUT2D eigenvalue weighted by Crippen LogP contribution is 2.29. The lowest BCUT2D eigenvalue weighted by atomic mass is 9.92. The van der Waals surface area contributed by atoms with Crippen molar-refractivity contribution in [3.63, 3.8) is 0 Å². The Balaban J connectivity index is 1.61. The molecule has 3 heterocycles. The summed E-state index contributed by atoms with van der Waals surface area (Å²) in [6.07, 6.45) is 1.85. The monoisotopic (exact) mass is 390 g/mol. The number of aromatic nitrogens is 3. The van der Waals surface area contributed by atoms with Gasteiger partial charge in [0.2, 0.25) is 0 Å². The molecule has 0 saturated heterocycles. The number of anilines is 1. The minimum atomic E-state index is -0.146. The Morgan fingerprint density at radius 2 is 1.82 bits per heavy atom. The molecule has 4 rings (SSSR count). The number of thiophene rings is 1. The summed E-state index contributed by atoms with van der Waals surface area (Å²) in [6.45, 7) is 6.30. The molecule has 0 bridgehead atoms. The summed E-state index contributed by atoms with van der Waals surface area (Å²) in [6, 6.07) is 16.0. The summed E-state index contributed by atoms with van der Waals surface area (Å²) in [7, 11) is 1.84. The van der Waals surface area contributed by atoms with Crippen molar-refractivity contribution >= 4 is 33.3 Å². The van der Waals surface area contributed by atoms with Crippen LogP contribution in [0, 0.1) is 0 Å². The maximum absolute atomic E-state index is 12.8. The Morgan fingerprint density at radius 1 is 1.07 bits per heavy atom. The number of nitrogens with one attached hydrogen (secondary N) is 1. The van der Waals surface area contributed by atoms with E-state index >= 15 is 0 Å². The predicted octanol–water partition coefficient (Wildman–Crippen LogP) is 5.25. The van der Waals surface area contributed by atoms with Crippen molar-refractivity contribution in [2.45, 2.75) is 26.2 Å². The molecular weight excluding hydrogens is 368 g/mol. The molecular formula is C22H22N4OS. The zero-order chi connectivity index (χ0) is 19.9. The quantitative estimate of drug-likeness (QED) is 0.520. The smallest absolute Gasteiger partial charge is 0.266 e. The maximum Gasteiger partial charge on any atom is 0.266 e. The molecule has 0 unspecified atom stereocenters. The SMILES string of the molecule is Cn1nc(C(C)(C)C)cc1NC(=O)c1cc2cc(-c3ccccc3)cnc2s1. The number of rotatable bonds is 3. The molecule has 142 valence electrons. The van der Waals surface area contributed by atoms with Gasteiger partial charge < -0.3 is 5.32 Å². The second kappa shape index (κ2) is 6.87. The van der Waals surface area contributed by atoms with Crippen LogP contribution in [0.1, 0.15) is 36.1 Å². The lowest BCUT2D eigenvalue weighted by molar-refractivity contribution is 0.102. The van der Waals surface area contributed by atoms with Gasteiger partial charge in [-0.2, -0.15) is 5.10 Å². The van der Waals surface area contributed by atoms with Crippen molar-refractivity contribution in [2.24, 2.45) is 7.05 Å². The fraction of sp³-hybridized carbons (Fsp3) is 0.227. The van der Waals surface area contributed by atoms with Crippen LogP contribution in [0.5, 0.6) is 0 Å². The number of benzene rings is 1. The third-order valence-electron chi connectivity index (χ3n) is 4.59. The van der Waals surface area contributed by atoms with E-state index in [2.05, 4.69) is 54.4 Å². The van der Waals surface area contributed by atoms with E-state index in [1.165, 1.54) is 11.3 Å². The van der Waals surface area contributed by atoms with Gasteiger partial charge in [0.25, 0.3) is 5.91 Å². The average Bonchev–Trinajstić information content (AvgIpc) is 3.25. The number of hydrogen-bond acceptors (Lipinski definition) is 4. The molecule has 0 spiro atoms. The van der Waals surface area contributed by atoms with Crippen LogP contribution >= 0.6 is 11.3 Å². The molecule has 0 atom stereocenters. The Morgan fingerprint density at radius 3 is 2.50 bits per heavy atom. The molecule has 6 heteroatoms. The third-order valence-corrected chi connectivity index (χ3v) is 5.65. The lowest BCUT2D eigenvalue weighted by Gasteiger charge is -2.13. The first kappa shape index (κ1) is 18.4. The molecule has 0 fully saturated rings. The van der Waals surface area contributed by atoms with E-state index in [9.17, 15) is 4.79 Å². The second-order valence-electron chi connectivity index (χ2n) is 7.84. The van der Waals surface area contributed by atoms with E-state index in [1.54, 1.807) is 4.68 Å². The van der Waals surface area contributed by atoms with Crippen LogP contribution < -0.4 is 5.32 Å². The van der Waals surface area contributed by atoms with Gasteiger partial charge in [-0.3, -0.25) is 9.48 Å². The van der Waals surface area contributed by atoms with Gasteiger partial charge >= 0.3 is 0 Å². The van der Waals surface area contributed by atoms with Crippen molar-refractivity contribution in [2.75, 3.05) is 5.32 Å². The van der Waals surface area contributed by atoms with Crippen molar-refractivity contribution < 1.29 is 4.79 Å². The highest BCUT2D eigenvalue weighted by Gasteiger charge is 2.20. The standard InChI is InChI=1S/C22H22N4OS/c1-22(2,3)18-12-19(26(4)25-18)24-20(27)17-11-15-10-16(13-23-21(15)28-17)14-8-6-5-7-9-14/h5-13H,1-4H3,(H,24,27). The summed E-state index contributed by atoms with van der Waals surface area (Å²) in [5.41, 5.74) is 3.02. The topological polar surface area (TPSA) is 59.8 Å². The first-order chi connectivity index (χ1) is 13.3. The molecule has 0 aliphatic rings. The van der Waals surface area contributed by atoms with Gasteiger partial charge in [-0.25, -0.2) is 4.98 Å². The number of hydrogen-bond donors (Lipinski definition) is 1. The van der Waals surface area contributed by atoms with Gasteiger partial charge in [-0.05, 0) is 17.7 Å². The van der Waals surface area contributed by atoms with Gasteiger partial charge in [0.15, 0.2) is 0 Å². The zero-order valence-corrected chi connectivity index (χ0v) is 17.2. The minimum absolute atomic E-state index is 0.0733. The Hall–Kier alpha value is -2.99. The molecule has 1 aromatic carbocycles. The van der Waals surface area contributed by atoms with Gasteiger partial charge in [-0.15, -0.1) is 11.3 Å². The normalized spacial score (nSPS) is 11.7. The van der Waals surface area contributed by atoms with Crippen LogP contribution in [0.15, 0.2) is 54.7 Å². The van der Waals surface area contributed by atoms with Crippen LogP contribution in [0.3, 0.4) is 0 Å². The van der Waals surface area contributed by atoms with Gasteiger partial charge in [0.05, 0.1) is 10.6 Å². The lowest BCUT2D eigenvalue weighted by Crippen LogP contribution is -2.13. The maximum atomic E-state index is 12.8. The van der Waals surface area contributed by atoms with E-state index in [0.29, 0.717) is 10.7 Å². The Bertz CT molecular complexity index is 1150. The van der Waals surface area contributed by atoms with E-state index in [1.807, 2.05) is 43.6 Å². The number of nitrogens with zero attached hydrogens (tertiary/aromatic N) is 3. The van der Waals surface area contributed by atoms with Gasteiger partial charge in [-0.1, -0.05) is 51.1 Å². The van der Waals surface area contributed by atoms with Crippen molar-refractivity contribution in [3.05, 3.63) is 65.3 Å². The molecule has 28 heavy (non-hydrogen) atoms. The van der Waals surface area contributed by atoms with E-state index < -0.39 is 0 Å². The number of aryl methyl sites for hydroxylation is 1. The first-order valence-corrected chi connectivity index (χ1v) is 9.94. The van der Waals surface area contributed by atoms with Gasteiger partial charge in [0.1, 0.15) is 10.6 Å². The Labute approximate surface area is 168 Å². The Kier molecular flexibility index (Phi) is 4.51.